The van der Waals surface area contributed by atoms with E-state index in [1.807, 2.05) is 0 Å². The average Bonchev–Trinajstić information content (AvgIpc) is 2.64. The highest BCUT2D eigenvalue weighted by Crippen LogP contribution is 2.33. The second-order valence-corrected chi connectivity index (χ2v) is 6.58. The maximum absolute atomic E-state index is 12.6. The number of hydrogen-bond donors (Lipinski definition) is 1. The van der Waals surface area contributed by atoms with Crippen molar-refractivity contribution in [1.82, 2.24) is 9.97 Å². The summed E-state index contributed by atoms with van der Waals surface area (Å²) in [7, 11) is 0. The van der Waals surface area contributed by atoms with E-state index >= 15 is 0 Å². The number of Topliss-reactive ketones (excluding diaryl/α,β-unsaturated/α-hetero) is 1. The van der Waals surface area contributed by atoms with Gasteiger partial charge in [-0.05, 0) is 31.5 Å². The molecule has 0 bridgehead atoms. The van der Waals surface area contributed by atoms with Crippen molar-refractivity contribution in [1.29, 1.82) is 0 Å². The molecule has 2 aromatic heterocycles. The van der Waals surface area contributed by atoms with Gasteiger partial charge in [-0.2, -0.15) is 13.2 Å². The van der Waals surface area contributed by atoms with Gasteiger partial charge in [-0.3, -0.25) is 9.59 Å². The highest BCUT2D eigenvalue weighted by molar-refractivity contribution is 6.31. The van der Waals surface area contributed by atoms with E-state index in [2.05, 4.69) is 15.3 Å². The van der Waals surface area contributed by atoms with Gasteiger partial charge in [0.2, 0.25) is 11.8 Å². The quantitative estimate of drug-likeness (QED) is 0.479. The number of ketones is 1. The van der Waals surface area contributed by atoms with Crippen LogP contribution in [0, 0.1) is 6.92 Å². The average molecular weight is 430 g/mol. The number of alkyl halides is 3. The second kappa shape index (κ2) is 9.69. The summed E-state index contributed by atoms with van der Waals surface area (Å²) < 4.78 is 43.1. The zero-order valence-corrected chi connectivity index (χ0v) is 16.5. The standard InChI is InChI=1S/C19H19ClF3N3O3/c1-3-17(28)26-16-8-12(7-11(2)25-16)15(27)5-4-6-29-18-14(20)9-13(10-24-18)19(21,22)23/h7-10H,3-6H2,1-2H3,(H,25,26,28). The Morgan fingerprint density at radius 2 is 1.97 bits per heavy atom. The minimum absolute atomic E-state index is 0.0489. The summed E-state index contributed by atoms with van der Waals surface area (Å²) in [5.41, 5.74) is 0.0119. The molecule has 1 amide bonds. The summed E-state index contributed by atoms with van der Waals surface area (Å²) >= 11 is 5.77. The van der Waals surface area contributed by atoms with Crippen LogP contribution in [0.2, 0.25) is 5.02 Å². The van der Waals surface area contributed by atoms with Crippen molar-refractivity contribution in [3.8, 4) is 5.88 Å². The Morgan fingerprint density at radius 1 is 1.24 bits per heavy atom. The van der Waals surface area contributed by atoms with Crippen LogP contribution in [0.15, 0.2) is 24.4 Å². The molecule has 0 aliphatic heterocycles. The lowest BCUT2D eigenvalue weighted by Crippen LogP contribution is -2.12. The molecule has 0 fully saturated rings. The van der Waals surface area contributed by atoms with Crippen molar-refractivity contribution < 1.29 is 27.5 Å². The van der Waals surface area contributed by atoms with Crippen LogP contribution in [-0.4, -0.2) is 28.3 Å². The maximum atomic E-state index is 12.6. The topological polar surface area (TPSA) is 81.2 Å². The summed E-state index contributed by atoms with van der Waals surface area (Å²) in [6, 6.07) is 3.85. The first-order chi connectivity index (χ1) is 13.6. The molecule has 2 aromatic rings. The van der Waals surface area contributed by atoms with E-state index in [0.29, 0.717) is 29.7 Å². The first-order valence-electron chi connectivity index (χ1n) is 8.77. The highest BCUT2D eigenvalue weighted by atomic mass is 35.5. The molecular weight excluding hydrogens is 411 g/mol. The van der Waals surface area contributed by atoms with Crippen LogP contribution in [0.4, 0.5) is 19.0 Å². The third-order valence-corrected chi connectivity index (χ3v) is 4.06. The lowest BCUT2D eigenvalue weighted by atomic mass is 10.1. The molecule has 0 spiro atoms. The van der Waals surface area contributed by atoms with Crippen molar-refractivity contribution in [3.05, 3.63) is 46.2 Å². The lowest BCUT2D eigenvalue weighted by Gasteiger charge is -2.10. The molecule has 2 rings (SSSR count). The Bertz CT molecular complexity index is 904. The number of anilines is 1. The van der Waals surface area contributed by atoms with E-state index in [0.717, 1.165) is 6.07 Å². The van der Waals surface area contributed by atoms with E-state index < -0.39 is 11.7 Å². The Morgan fingerprint density at radius 3 is 2.59 bits per heavy atom. The number of pyridine rings is 2. The molecule has 0 saturated heterocycles. The van der Waals surface area contributed by atoms with Gasteiger partial charge in [-0.1, -0.05) is 18.5 Å². The van der Waals surface area contributed by atoms with E-state index in [1.165, 1.54) is 6.07 Å². The normalized spacial score (nSPS) is 11.2. The first-order valence-corrected chi connectivity index (χ1v) is 9.15. The van der Waals surface area contributed by atoms with Crippen molar-refractivity contribution in [3.63, 3.8) is 0 Å². The summed E-state index contributed by atoms with van der Waals surface area (Å²) in [6.07, 6.45) is -3.19. The Balaban J connectivity index is 1.91. The van der Waals surface area contributed by atoms with Crippen LogP contribution in [0.1, 0.15) is 47.8 Å². The zero-order chi connectivity index (χ0) is 21.6. The van der Waals surface area contributed by atoms with Crippen molar-refractivity contribution >= 4 is 29.1 Å². The summed E-state index contributed by atoms with van der Waals surface area (Å²) in [6.45, 7) is 3.46. The molecule has 1 N–H and O–H groups in total. The summed E-state index contributed by atoms with van der Waals surface area (Å²) in [4.78, 5) is 31.6. The molecule has 0 atom stereocenters. The van der Waals surface area contributed by atoms with Crippen LogP contribution < -0.4 is 10.1 Å². The minimum Gasteiger partial charge on any atom is -0.477 e. The van der Waals surface area contributed by atoms with Crippen molar-refractivity contribution in [2.24, 2.45) is 0 Å². The summed E-state index contributed by atoms with van der Waals surface area (Å²) in [5.74, 6) is -0.220. The predicted molar refractivity (Wildman–Crippen MR) is 101 cm³/mol. The first kappa shape index (κ1) is 22.6. The van der Waals surface area contributed by atoms with E-state index in [1.54, 1.807) is 19.9 Å². The van der Waals surface area contributed by atoms with Crippen LogP contribution in [0.25, 0.3) is 0 Å². The van der Waals surface area contributed by atoms with Crippen LogP contribution in [0.5, 0.6) is 5.88 Å². The predicted octanol–water partition coefficient (Wildman–Crippen LogP) is 4.85. The second-order valence-electron chi connectivity index (χ2n) is 6.17. The number of ether oxygens (including phenoxy) is 1. The van der Waals surface area contributed by atoms with Crippen LogP contribution >= 0.6 is 11.6 Å². The van der Waals surface area contributed by atoms with Gasteiger partial charge in [0, 0.05) is 30.3 Å². The third-order valence-electron chi connectivity index (χ3n) is 3.79. The van der Waals surface area contributed by atoms with Gasteiger partial charge in [0.15, 0.2) is 5.78 Å². The van der Waals surface area contributed by atoms with Gasteiger partial charge < -0.3 is 10.1 Å². The van der Waals surface area contributed by atoms with Gasteiger partial charge >= 0.3 is 6.18 Å². The molecule has 0 aliphatic rings. The number of nitrogens with one attached hydrogen (secondary N) is 1. The molecule has 156 valence electrons. The van der Waals surface area contributed by atoms with Crippen molar-refractivity contribution in [2.75, 3.05) is 11.9 Å². The SMILES string of the molecule is CCC(=O)Nc1cc(C(=O)CCCOc2ncc(C(F)(F)F)cc2Cl)cc(C)n1. The number of aryl methyl sites for hydroxylation is 1. The largest absolute Gasteiger partial charge is 0.477 e. The number of nitrogens with zero attached hydrogens (tertiary/aromatic N) is 2. The number of halogens is 4. The smallest absolute Gasteiger partial charge is 0.417 e. The van der Waals surface area contributed by atoms with Crippen molar-refractivity contribution in [2.45, 2.75) is 39.3 Å². The van der Waals surface area contributed by atoms with Gasteiger partial charge in [-0.15, -0.1) is 0 Å². The minimum atomic E-state index is -4.54. The number of hydrogen-bond acceptors (Lipinski definition) is 5. The molecular formula is C19H19ClF3N3O3. The fourth-order valence-corrected chi connectivity index (χ4v) is 2.58. The molecule has 0 saturated carbocycles. The van der Waals surface area contributed by atoms with E-state index in [9.17, 15) is 22.8 Å². The maximum Gasteiger partial charge on any atom is 0.417 e. The van der Waals surface area contributed by atoms with Gasteiger partial charge in [0.05, 0.1) is 12.2 Å². The summed E-state index contributed by atoms with van der Waals surface area (Å²) in [5, 5.41) is 2.35. The zero-order valence-electron chi connectivity index (χ0n) is 15.8. The van der Waals surface area contributed by atoms with Crippen LogP contribution in [0.3, 0.4) is 0 Å². The Hall–Kier alpha value is -2.68. The molecule has 2 heterocycles. The van der Waals surface area contributed by atoms with E-state index in [-0.39, 0.29) is 42.0 Å². The number of aromatic nitrogens is 2. The Kier molecular flexibility index (Phi) is 7.55. The lowest BCUT2D eigenvalue weighted by molar-refractivity contribution is -0.137. The number of rotatable bonds is 8. The number of carbonyl (C=O) groups excluding carboxylic acids is 2. The third kappa shape index (κ3) is 6.70. The van der Waals surface area contributed by atoms with Gasteiger partial charge in [0.1, 0.15) is 10.8 Å². The molecule has 0 radical (unpaired) electrons. The molecule has 0 unspecified atom stereocenters. The molecule has 6 nitrogen and oxygen atoms in total. The molecule has 0 aromatic carbocycles. The number of carbonyl (C=O) groups is 2. The molecule has 29 heavy (non-hydrogen) atoms. The highest BCUT2D eigenvalue weighted by Gasteiger charge is 2.31. The van der Waals surface area contributed by atoms with Gasteiger partial charge in [-0.25, -0.2) is 9.97 Å². The molecule has 10 heteroatoms. The van der Waals surface area contributed by atoms with Gasteiger partial charge in [0.25, 0.3) is 0 Å². The Labute approximate surface area is 170 Å². The fraction of sp³-hybridized carbons (Fsp3) is 0.368. The number of amides is 1. The fourth-order valence-electron chi connectivity index (χ4n) is 2.36. The molecule has 0 aliphatic carbocycles. The van der Waals surface area contributed by atoms with E-state index in [4.69, 9.17) is 16.3 Å². The monoisotopic (exact) mass is 429 g/mol. The van der Waals surface area contributed by atoms with Crippen LogP contribution in [-0.2, 0) is 11.0 Å².